The van der Waals surface area contributed by atoms with Crippen molar-refractivity contribution >= 4 is 98.7 Å². The predicted octanol–water partition coefficient (Wildman–Crippen LogP) is 5.90. The fourth-order valence-corrected chi connectivity index (χ4v) is 7.92. The number of fused-ring (bicyclic) bond motifs is 5. The zero-order valence-electron chi connectivity index (χ0n) is 17.6. The Morgan fingerprint density at radius 3 is 2.06 bits per heavy atom. The number of anilines is 2. The molecule has 2 aromatic carbocycles. The van der Waals surface area contributed by atoms with E-state index in [2.05, 4.69) is 5.32 Å². The van der Waals surface area contributed by atoms with Crippen LogP contribution in [-0.4, -0.2) is 38.9 Å². The summed E-state index contributed by atoms with van der Waals surface area (Å²) in [5.74, 6) is -4.11. The summed E-state index contributed by atoms with van der Waals surface area (Å²) in [5.41, 5.74) is 0.554. The largest absolute Gasteiger partial charge is 0.497 e. The molecule has 182 valence electrons. The molecule has 0 aromatic heterocycles. The van der Waals surface area contributed by atoms with E-state index < -0.39 is 43.6 Å². The van der Waals surface area contributed by atoms with Crippen molar-refractivity contribution in [3.8, 4) is 5.75 Å². The summed E-state index contributed by atoms with van der Waals surface area (Å²) in [6.07, 6.45) is 0. The number of imide groups is 1. The molecule has 1 heterocycles. The van der Waals surface area contributed by atoms with Crippen LogP contribution in [0.15, 0.2) is 58.6 Å². The van der Waals surface area contributed by atoms with Crippen LogP contribution in [0.2, 0.25) is 0 Å². The average molecular weight is 595 g/mol. The Balaban J connectivity index is 1.55. The lowest BCUT2D eigenvalue weighted by Crippen LogP contribution is -2.50. The van der Waals surface area contributed by atoms with E-state index in [0.717, 1.165) is 4.90 Å². The van der Waals surface area contributed by atoms with Gasteiger partial charge in [-0.2, -0.15) is 0 Å². The fraction of sp³-hybridized carbons (Fsp3) is 0.261. The summed E-state index contributed by atoms with van der Waals surface area (Å²) >= 11 is 39.3. The molecule has 1 saturated heterocycles. The maximum Gasteiger partial charge on any atom is 0.257 e. The smallest absolute Gasteiger partial charge is 0.257 e. The number of allylic oxidation sites excluding steroid dienone is 2. The Kier molecular flexibility index (Phi) is 5.83. The first-order chi connectivity index (χ1) is 16.4. The van der Waals surface area contributed by atoms with Crippen LogP contribution in [0.25, 0.3) is 0 Å². The highest BCUT2D eigenvalue weighted by atomic mass is 35.5. The van der Waals surface area contributed by atoms with E-state index in [0.29, 0.717) is 11.4 Å². The number of hydrogen-bond acceptors (Lipinski definition) is 4. The van der Waals surface area contributed by atoms with Gasteiger partial charge in [-0.15, -0.1) is 23.2 Å². The minimum atomic E-state index is -2.03. The van der Waals surface area contributed by atoms with E-state index in [-0.39, 0.29) is 21.3 Å². The summed E-state index contributed by atoms with van der Waals surface area (Å²) in [6.45, 7) is 0. The molecule has 3 amide bonds. The highest BCUT2D eigenvalue weighted by Crippen LogP contribution is 2.77. The number of carbonyl (C=O) groups excluding carboxylic acids is 3. The van der Waals surface area contributed by atoms with Crippen LogP contribution in [0.3, 0.4) is 0 Å². The maximum absolute atomic E-state index is 13.7. The molecule has 12 heteroatoms. The minimum absolute atomic E-state index is 0.0409. The number of hydrogen-bond donors (Lipinski definition) is 1. The van der Waals surface area contributed by atoms with Crippen LogP contribution in [0, 0.1) is 11.8 Å². The van der Waals surface area contributed by atoms with E-state index in [1.165, 1.54) is 19.2 Å². The fourth-order valence-electron chi connectivity index (χ4n) is 4.99. The topological polar surface area (TPSA) is 75.7 Å². The highest BCUT2D eigenvalue weighted by molar-refractivity contribution is 6.67. The van der Waals surface area contributed by atoms with Crippen molar-refractivity contribution in [3.63, 3.8) is 0 Å². The third-order valence-electron chi connectivity index (χ3n) is 6.63. The Labute approximate surface area is 230 Å². The number of alkyl halides is 4. The van der Waals surface area contributed by atoms with Gasteiger partial charge in [0, 0.05) is 11.8 Å². The van der Waals surface area contributed by atoms with E-state index >= 15 is 0 Å². The molecule has 2 aromatic rings. The number of para-hydroxylation sites is 1. The van der Waals surface area contributed by atoms with Crippen molar-refractivity contribution in [2.45, 2.75) is 14.1 Å². The number of carbonyl (C=O) groups is 3. The van der Waals surface area contributed by atoms with Gasteiger partial charge in [0.1, 0.15) is 15.5 Å². The Bertz CT molecular complexity index is 1300. The number of methoxy groups -OCH3 is 1. The lowest BCUT2D eigenvalue weighted by Gasteiger charge is -2.34. The first-order valence-electron chi connectivity index (χ1n) is 10.2. The van der Waals surface area contributed by atoms with Crippen LogP contribution < -0.4 is 15.0 Å². The third-order valence-corrected chi connectivity index (χ3v) is 10.9. The van der Waals surface area contributed by atoms with Crippen LogP contribution in [0.1, 0.15) is 10.4 Å². The van der Waals surface area contributed by atoms with Gasteiger partial charge in [-0.25, -0.2) is 4.90 Å². The number of benzene rings is 2. The Morgan fingerprint density at radius 2 is 1.49 bits per heavy atom. The summed E-state index contributed by atoms with van der Waals surface area (Å²) in [4.78, 5) is 37.5. The van der Waals surface area contributed by atoms with Gasteiger partial charge in [-0.05, 0) is 24.3 Å². The van der Waals surface area contributed by atoms with Crippen molar-refractivity contribution in [1.29, 1.82) is 0 Å². The zero-order valence-corrected chi connectivity index (χ0v) is 22.2. The second kappa shape index (κ2) is 8.17. The second-order valence-electron chi connectivity index (χ2n) is 8.30. The van der Waals surface area contributed by atoms with E-state index in [9.17, 15) is 14.4 Å². The van der Waals surface area contributed by atoms with Gasteiger partial charge in [0.15, 0.2) is 4.33 Å². The lowest BCUT2D eigenvalue weighted by atomic mass is 9.84. The Hall–Kier alpha value is -1.67. The number of nitrogens with one attached hydrogen (secondary N) is 1. The first kappa shape index (κ1) is 25.0. The molecular weight excluding hydrogens is 581 g/mol. The van der Waals surface area contributed by atoms with Gasteiger partial charge in [0.25, 0.3) is 5.91 Å². The minimum Gasteiger partial charge on any atom is -0.497 e. The number of halogens is 6. The van der Waals surface area contributed by atoms with Crippen LogP contribution >= 0.6 is 69.6 Å². The molecule has 2 bridgehead atoms. The molecule has 2 aliphatic carbocycles. The first-order valence-corrected chi connectivity index (χ1v) is 12.4. The molecule has 0 radical (unpaired) electrons. The highest BCUT2D eigenvalue weighted by Gasteiger charge is 2.87. The molecule has 0 spiro atoms. The number of nitrogens with zero attached hydrogens (tertiary/aromatic N) is 1. The summed E-state index contributed by atoms with van der Waals surface area (Å²) in [5, 5.41) is 2.36. The van der Waals surface area contributed by atoms with Crippen molar-refractivity contribution < 1.29 is 19.1 Å². The average Bonchev–Trinajstić information content (AvgIpc) is 3.22. The van der Waals surface area contributed by atoms with Gasteiger partial charge in [-0.1, -0.05) is 64.6 Å². The molecule has 0 unspecified atom stereocenters. The molecule has 5 rings (SSSR count). The Morgan fingerprint density at radius 1 is 0.914 bits per heavy atom. The summed E-state index contributed by atoms with van der Waals surface area (Å²) < 4.78 is 3.14. The quantitative estimate of drug-likeness (QED) is 0.353. The van der Waals surface area contributed by atoms with E-state index in [1.807, 2.05) is 0 Å². The van der Waals surface area contributed by atoms with Gasteiger partial charge in [0.05, 0.1) is 40.3 Å². The standard InChI is InChI=1S/C23H14Cl6N2O4/c1-35-11-6-4-5-10(9-11)30-18(32)12-7-2-3-8-13(12)31-19(33)14-15(20(31)34)22(27)17(25)16(24)21(14,26)23(22,28)29/h2-9,14-15H,1H3,(H,30,32)/t14-,15-,21-,22-/m1/s1. The van der Waals surface area contributed by atoms with Gasteiger partial charge < -0.3 is 10.1 Å². The van der Waals surface area contributed by atoms with Gasteiger partial charge in [-0.3, -0.25) is 14.4 Å². The summed E-state index contributed by atoms with van der Waals surface area (Å²) in [7, 11) is 1.50. The monoisotopic (exact) mass is 592 g/mol. The number of ether oxygens (including phenoxy) is 1. The molecule has 1 aliphatic heterocycles. The summed E-state index contributed by atoms with van der Waals surface area (Å²) in [6, 6.07) is 12.8. The third kappa shape index (κ3) is 3.01. The lowest BCUT2D eigenvalue weighted by molar-refractivity contribution is -0.123. The van der Waals surface area contributed by atoms with Crippen molar-refractivity contribution in [1.82, 2.24) is 0 Å². The number of rotatable bonds is 4. The maximum atomic E-state index is 13.7. The molecule has 1 saturated carbocycles. The van der Waals surface area contributed by atoms with E-state index in [4.69, 9.17) is 74.3 Å². The molecule has 4 atom stereocenters. The molecule has 35 heavy (non-hydrogen) atoms. The van der Waals surface area contributed by atoms with Gasteiger partial charge >= 0.3 is 0 Å². The molecular formula is C23H14Cl6N2O4. The molecule has 6 nitrogen and oxygen atoms in total. The predicted molar refractivity (Wildman–Crippen MR) is 137 cm³/mol. The van der Waals surface area contributed by atoms with Gasteiger partial charge in [0.2, 0.25) is 11.8 Å². The van der Waals surface area contributed by atoms with Crippen molar-refractivity contribution in [2.75, 3.05) is 17.3 Å². The van der Waals surface area contributed by atoms with Crippen molar-refractivity contribution in [2.24, 2.45) is 11.8 Å². The van der Waals surface area contributed by atoms with Crippen LogP contribution in [-0.2, 0) is 9.59 Å². The SMILES string of the molecule is COc1cccc(NC(=O)c2ccccc2N2C(=O)[C@H]3[C@H](C2=O)[C@@]2(Cl)C(Cl)=C(Cl)[C@@]3(Cl)C2(Cl)Cl)c1. The van der Waals surface area contributed by atoms with Crippen LogP contribution in [0.4, 0.5) is 11.4 Å². The normalized spacial score (nSPS) is 30.7. The molecule has 1 N–H and O–H groups in total. The molecule has 2 fully saturated rings. The van der Waals surface area contributed by atoms with Crippen molar-refractivity contribution in [3.05, 3.63) is 64.2 Å². The molecule has 3 aliphatic rings. The zero-order chi connectivity index (χ0) is 25.5. The van der Waals surface area contributed by atoms with E-state index in [1.54, 1.807) is 36.4 Å². The second-order valence-corrected chi connectivity index (χ2v) is 11.6. The number of amides is 3. The van der Waals surface area contributed by atoms with Crippen LogP contribution in [0.5, 0.6) is 5.75 Å².